The van der Waals surface area contributed by atoms with Crippen LogP contribution in [0.2, 0.25) is 5.02 Å². The number of fused-ring (bicyclic) bond motifs is 6. The molecule has 0 radical (unpaired) electrons. The van der Waals surface area contributed by atoms with Crippen molar-refractivity contribution in [3.05, 3.63) is 64.7 Å². The molecule has 3 nitrogen and oxygen atoms in total. The quantitative estimate of drug-likeness (QED) is 0.779. The summed E-state index contributed by atoms with van der Waals surface area (Å²) >= 11 is 6.57. The van der Waals surface area contributed by atoms with E-state index in [9.17, 15) is 0 Å². The Morgan fingerprint density at radius 3 is 2.71 bits per heavy atom. The molecule has 0 saturated carbocycles. The number of amidine groups is 1. The predicted molar refractivity (Wildman–Crippen MR) is 99.1 cm³/mol. The minimum absolute atomic E-state index is 0.359. The van der Waals surface area contributed by atoms with E-state index in [0.29, 0.717) is 12.1 Å². The van der Waals surface area contributed by atoms with Crippen molar-refractivity contribution in [1.82, 2.24) is 4.90 Å². The summed E-state index contributed by atoms with van der Waals surface area (Å²) in [6, 6.07) is 17.2. The first-order valence-corrected chi connectivity index (χ1v) is 9.14. The average Bonchev–Trinajstić information content (AvgIpc) is 3.08. The van der Waals surface area contributed by atoms with Crippen LogP contribution in [0.5, 0.6) is 0 Å². The van der Waals surface area contributed by atoms with Crippen LogP contribution < -0.4 is 4.90 Å². The number of hydrogen-bond donors (Lipinski definition) is 0. The molecule has 3 aliphatic heterocycles. The van der Waals surface area contributed by atoms with Gasteiger partial charge in [0, 0.05) is 25.6 Å². The van der Waals surface area contributed by atoms with Gasteiger partial charge in [0.2, 0.25) is 0 Å². The summed E-state index contributed by atoms with van der Waals surface area (Å²) in [5.41, 5.74) is 3.81. The molecule has 4 heteroatoms. The fourth-order valence-electron chi connectivity index (χ4n) is 4.54. The molecule has 2 atom stereocenters. The van der Waals surface area contributed by atoms with Gasteiger partial charge in [-0.15, -0.1) is 0 Å². The average molecular weight is 338 g/mol. The molecule has 0 bridgehead atoms. The summed E-state index contributed by atoms with van der Waals surface area (Å²) in [6.45, 7) is 3.04. The second-order valence-corrected chi connectivity index (χ2v) is 7.21. The van der Waals surface area contributed by atoms with Crippen molar-refractivity contribution in [3.63, 3.8) is 0 Å². The summed E-state index contributed by atoms with van der Waals surface area (Å²) in [4.78, 5) is 9.92. The standard InChI is InChI=1S/C20H20ClN3/c21-16-8-4-9-17-18(16)19-22-11-5-12-24(19)20-15(10-13-23(17)20)14-6-2-1-3-7-14/h1-4,6-9,15,20H,5,10-13H2. The van der Waals surface area contributed by atoms with Gasteiger partial charge in [-0.3, -0.25) is 4.99 Å². The maximum atomic E-state index is 6.57. The van der Waals surface area contributed by atoms with E-state index >= 15 is 0 Å². The molecule has 0 aromatic heterocycles. The van der Waals surface area contributed by atoms with E-state index in [4.69, 9.17) is 16.6 Å². The normalized spacial score (nSPS) is 25.0. The minimum Gasteiger partial charge on any atom is -0.350 e. The number of rotatable bonds is 1. The van der Waals surface area contributed by atoms with Crippen LogP contribution in [0.3, 0.4) is 0 Å². The number of anilines is 1. The highest BCUT2D eigenvalue weighted by Gasteiger charge is 2.46. The van der Waals surface area contributed by atoms with Gasteiger partial charge in [0.1, 0.15) is 12.0 Å². The van der Waals surface area contributed by atoms with E-state index in [-0.39, 0.29) is 0 Å². The van der Waals surface area contributed by atoms with E-state index in [1.54, 1.807) is 0 Å². The molecule has 1 fully saturated rings. The highest BCUT2D eigenvalue weighted by Crippen LogP contribution is 2.45. The van der Waals surface area contributed by atoms with Gasteiger partial charge in [-0.2, -0.15) is 0 Å². The Labute approximate surface area is 147 Å². The van der Waals surface area contributed by atoms with E-state index in [1.165, 1.54) is 17.7 Å². The monoisotopic (exact) mass is 337 g/mol. The zero-order valence-electron chi connectivity index (χ0n) is 13.5. The van der Waals surface area contributed by atoms with Crippen LogP contribution in [-0.2, 0) is 0 Å². The topological polar surface area (TPSA) is 18.8 Å². The third kappa shape index (κ3) is 2.01. The first-order chi connectivity index (χ1) is 11.8. The van der Waals surface area contributed by atoms with Crippen molar-refractivity contribution in [2.24, 2.45) is 4.99 Å². The maximum Gasteiger partial charge on any atom is 0.136 e. The van der Waals surface area contributed by atoms with Crippen molar-refractivity contribution in [2.45, 2.75) is 24.9 Å². The summed E-state index contributed by atoms with van der Waals surface area (Å²) in [5, 5.41) is 0.819. The molecule has 3 aliphatic rings. The van der Waals surface area contributed by atoms with Gasteiger partial charge in [-0.25, -0.2) is 0 Å². The highest BCUT2D eigenvalue weighted by atomic mass is 35.5. The Kier molecular flexibility index (Phi) is 3.30. The molecule has 1 saturated heterocycles. The summed E-state index contributed by atoms with van der Waals surface area (Å²) in [5.74, 6) is 1.62. The SMILES string of the molecule is Clc1cccc2c1C1=NCCCN1C1C(c3ccccc3)CCN21. The predicted octanol–water partition coefficient (Wildman–Crippen LogP) is 4.13. The molecule has 5 rings (SSSR count). The Balaban J connectivity index is 1.67. The van der Waals surface area contributed by atoms with Crippen LogP contribution in [0.4, 0.5) is 5.69 Å². The Bertz CT molecular complexity index is 802. The van der Waals surface area contributed by atoms with Crippen LogP contribution in [0.1, 0.15) is 29.9 Å². The lowest BCUT2D eigenvalue weighted by Crippen LogP contribution is -2.56. The Morgan fingerprint density at radius 1 is 0.958 bits per heavy atom. The molecule has 2 unspecified atom stereocenters. The van der Waals surface area contributed by atoms with Crippen molar-refractivity contribution in [1.29, 1.82) is 0 Å². The molecular weight excluding hydrogens is 318 g/mol. The molecule has 122 valence electrons. The van der Waals surface area contributed by atoms with Gasteiger partial charge in [0.05, 0.1) is 16.3 Å². The molecule has 0 N–H and O–H groups in total. The van der Waals surface area contributed by atoms with Gasteiger partial charge in [0.25, 0.3) is 0 Å². The first kappa shape index (κ1) is 14.4. The largest absolute Gasteiger partial charge is 0.350 e. The van der Waals surface area contributed by atoms with Crippen LogP contribution >= 0.6 is 11.6 Å². The molecule has 2 aromatic carbocycles. The molecular formula is C20H20ClN3. The summed E-state index contributed by atoms with van der Waals surface area (Å²) < 4.78 is 0. The molecule has 24 heavy (non-hydrogen) atoms. The molecule has 0 aliphatic carbocycles. The van der Waals surface area contributed by atoms with E-state index in [1.807, 2.05) is 6.07 Å². The van der Waals surface area contributed by atoms with E-state index < -0.39 is 0 Å². The fraction of sp³-hybridized carbons (Fsp3) is 0.350. The van der Waals surface area contributed by atoms with Gasteiger partial charge in [-0.1, -0.05) is 48.0 Å². The molecule has 0 spiro atoms. The van der Waals surface area contributed by atoms with Crippen molar-refractivity contribution in [2.75, 3.05) is 24.5 Å². The number of benzene rings is 2. The smallest absolute Gasteiger partial charge is 0.136 e. The molecule has 2 aromatic rings. The zero-order chi connectivity index (χ0) is 16.1. The summed E-state index contributed by atoms with van der Waals surface area (Å²) in [6.07, 6.45) is 2.65. The van der Waals surface area contributed by atoms with Gasteiger partial charge in [-0.05, 0) is 30.5 Å². The second-order valence-electron chi connectivity index (χ2n) is 6.80. The lowest BCUT2D eigenvalue weighted by Gasteiger charge is -2.47. The van der Waals surface area contributed by atoms with E-state index in [0.717, 1.165) is 42.5 Å². The van der Waals surface area contributed by atoms with Gasteiger partial charge < -0.3 is 9.80 Å². The maximum absolute atomic E-state index is 6.57. The van der Waals surface area contributed by atoms with Crippen molar-refractivity contribution < 1.29 is 0 Å². The number of nitrogens with zero attached hydrogens (tertiary/aromatic N) is 3. The van der Waals surface area contributed by atoms with Crippen LogP contribution in [-0.4, -0.2) is 36.5 Å². The molecule has 3 heterocycles. The van der Waals surface area contributed by atoms with E-state index in [2.05, 4.69) is 52.3 Å². The van der Waals surface area contributed by atoms with Crippen molar-refractivity contribution >= 4 is 23.1 Å². The Morgan fingerprint density at radius 2 is 1.83 bits per heavy atom. The van der Waals surface area contributed by atoms with Crippen LogP contribution in [0, 0.1) is 0 Å². The lowest BCUT2D eigenvalue weighted by molar-refractivity contribution is 0.275. The zero-order valence-corrected chi connectivity index (χ0v) is 14.3. The lowest BCUT2D eigenvalue weighted by atomic mass is 9.92. The summed E-state index contributed by atoms with van der Waals surface area (Å²) in [7, 11) is 0. The fourth-order valence-corrected chi connectivity index (χ4v) is 4.79. The second kappa shape index (κ2) is 5.52. The van der Waals surface area contributed by atoms with Crippen LogP contribution in [0.15, 0.2) is 53.5 Å². The number of halogens is 1. The minimum atomic E-state index is 0.359. The molecule has 0 amide bonds. The highest BCUT2D eigenvalue weighted by molar-refractivity contribution is 6.35. The Hall–Kier alpha value is -2.00. The van der Waals surface area contributed by atoms with Gasteiger partial charge >= 0.3 is 0 Å². The van der Waals surface area contributed by atoms with Gasteiger partial charge in [0.15, 0.2) is 0 Å². The first-order valence-electron chi connectivity index (χ1n) is 8.76. The third-order valence-corrected chi connectivity index (χ3v) is 5.84. The third-order valence-electron chi connectivity index (χ3n) is 5.52. The number of hydrogen-bond acceptors (Lipinski definition) is 3. The number of aliphatic imine (C=N–C) groups is 1. The van der Waals surface area contributed by atoms with Crippen molar-refractivity contribution in [3.8, 4) is 0 Å². The van der Waals surface area contributed by atoms with Crippen LogP contribution in [0.25, 0.3) is 0 Å².